The molecule has 1 aromatic carbocycles. The van der Waals surface area contributed by atoms with Crippen molar-refractivity contribution in [2.75, 3.05) is 5.32 Å². The van der Waals surface area contributed by atoms with Gasteiger partial charge in [-0.15, -0.1) is 22.7 Å². The molecule has 0 bridgehead atoms. The van der Waals surface area contributed by atoms with Crippen molar-refractivity contribution in [1.29, 1.82) is 0 Å². The minimum absolute atomic E-state index is 0.210. The van der Waals surface area contributed by atoms with Crippen LogP contribution >= 0.6 is 22.7 Å². The number of anilines is 1. The quantitative estimate of drug-likeness (QED) is 0.613. The third kappa shape index (κ3) is 4.84. The van der Waals surface area contributed by atoms with Crippen LogP contribution in [0.4, 0.5) is 5.69 Å². The monoisotopic (exact) mass is 420 g/mol. The van der Waals surface area contributed by atoms with Crippen LogP contribution in [0.25, 0.3) is 0 Å². The number of amides is 1. The van der Waals surface area contributed by atoms with Crippen molar-refractivity contribution in [2.24, 2.45) is 0 Å². The first-order valence-electron chi connectivity index (χ1n) is 8.29. The molecular weight excluding hydrogens is 400 g/mol. The summed E-state index contributed by atoms with van der Waals surface area (Å²) in [6, 6.07) is 12.6. The highest BCUT2D eigenvalue weighted by Crippen LogP contribution is 2.28. The molecule has 0 radical (unpaired) electrons. The molecule has 0 saturated heterocycles. The van der Waals surface area contributed by atoms with Gasteiger partial charge in [0.25, 0.3) is 0 Å². The number of nitrogens with zero attached hydrogens (tertiary/aromatic N) is 1. The highest BCUT2D eigenvalue weighted by atomic mass is 32.2. The molecule has 0 spiro atoms. The molecule has 0 aliphatic carbocycles. The van der Waals surface area contributed by atoms with Gasteiger partial charge in [0.05, 0.1) is 4.90 Å². The van der Waals surface area contributed by atoms with Crippen LogP contribution in [0.5, 0.6) is 0 Å². The third-order valence-corrected chi connectivity index (χ3v) is 7.61. The first-order valence-corrected chi connectivity index (χ1v) is 11.5. The highest BCUT2D eigenvalue weighted by Gasteiger charge is 2.27. The molecule has 27 heavy (non-hydrogen) atoms. The van der Waals surface area contributed by atoms with Crippen LogP contribution < -0.4 is 5.32 Å². The van der Waals surface area contributed by atoms with Crippen LogP contribution in [0.2, 0.25) is 0 Å². The Bertz CT molecular complexity index is 974. The van der Waals surface area contributed by atoms with E-state index in [1.165, 1.54) is 40.0 Å². The largest absolute Gasteiger partial charge is 0.326 e. The van der Waals surface area contributed by atoms with Gasteiger partial charge < -0.3 is 5.32 Å². The minimum atomic E-state index is -3.75. The van der Waals surface area contributed by atoms with Crippen LogP contribution in [-0.2, 0) is 27.9 Å². The molecule has 0 atom stereocenters. The number of aryl methyl sites for hydroxylation is 1. The molecule has 2 aromatic heterocycles. The summed E-state index contributed by atoms with van der Waals surface area (Å²) in [7, 11) is -3.75. The molecule has 0 aliphatic heterocycles. The Hall–Kier alpha value is -2.00. The summed E-state index contributed by atoms with van der Waals surface area (Å²) in [5.41, 5.74) is 1.12. The second kappa shape index (κ2) is 8.35. The molecule has 1 amide bonds. The summed E-state index contributed by atoms with van der Waals surface area (Å²) in [6.07, 6.45) is 0. The molecule has 3 rings (SSSR count). The van der Waals surface area contributed by atoms with E-state index >= 15 is 0 Å². The number of sulfonamides is 1. The third-order valence-electron chi connectivity index (χ3n) is 3.95. The number of carbonyl (C=O) groups excluding carboxylic acids is 1. The number of rotatable bonds is 7. The summed E-state index contributed by atoms with van der Waals surface area (Å²) in [5, 5.41) is 6.53. The van der Waals surface area contributed by atoms with Crippen molar-refractivity contribution in [3.05, 3.63) is 68.5 Å². The Morgan fingerprint density at radius 1 is 1.04 bits per heavy atom. The fraction of sp³-hybridized carbons (Fsp3) is 0.211. The molecule has 3 aromatic rings. The Morgan fingerprint density at radius 2 is 1.63 bits per heavy atom. The Labute approximate surface area is 167 Å². The van der Waals surface area contributed by atoms with Gasteiger partial charge in [0.1, 0.15) is 0 Å². The lowest BCUT2D eigenvalue weighted by molar-refractivity contribution is -0.114. The molecule has 0 saturated carbocycles. The average molecular weight is 421 g/mol. The highest BCUT2D eigenvalue weighted by molar-refractivity contribution is 7.89. The van der Waals surface area contributed by atoms with E-state index in [0.29, 0.717) is 24.3 Å². The smallest absolute Gasteiger partial charge is 0.244 e. The summed E-state index contributed by atoms with van der Waals surface area (Å²) in [5.74, 6) is -0.240. The lowest BCUT2D eigenvalue weighted by Gasteiger charge is -2.22. The maximum atomic E-state index is 13.5. The first-order chi connectivity index (χ1) is 12.9. The number of hydrogen-bond donors (Lipinski definition) is 1. The first kappa shape index (κ1) is 19.8. The molecule has 0 fully saturated rings. The fourth-order valence-electron chi connectivity index (χ4n) is 2.68. The Morgan fingerprint density at radius 3 is 2.11 bits per heavy atom. The molecule has 2 heterocycles. The summed E-state index contributed by atoms with van der Waals surface area (Å²) in [4.78, 5) is 13.5. The molecule has 142 valence electrons. The summed E-state index contributed by atoms with van der Waals surface area (Å²) < 4.78 is 28.4. The number of benzene rings is 1. The Kier molecular flexibility index (Phi) is 6.11. The van der Waals surface area contributed by atoms with Gasteiger partial charge in [0.2, 0.25) is 15.9 Å². The molecule has 5 nitrogen and oxygen atoms in total. The van der Waals surface area contributed by atoms with Gasteiger partial charge in [-0.25, -0.2) is 8.42 Å². The minimum Gasteiger partial charge on any atom is -0.326 e. The summed E-state index contributed by atoms with van der Waals surface area (Å²) in [6.45, 7) is 3.77. The van der Waals surface area contributed by atoms with Crippen molar-refractivity contribution in [1.82, 2.24) is 4.31 Å². The van der Waals surface area contributed by atoms with E-state index in [-0.39, 0.29) is 10.8 Å². The Balaban J connectivity index is 2.00. The van der Waals surface area contributed by atoms with Crippen LogP contribution in [-0.4, -0.2) is 18.6 Å². The number of nitrogens with one attached hydrogen (secondary N) is 1. The molecule has 0 unspecified atom stereocenters. The van der Waals surface area contributed by atoms with Gasteiger partial charge in [-0.3, -0.25) is 4.79 Å². The maximum Gasteiger partial charge on any atom is 0.244 e. The van der Waals surface area contributed by atoms with Gasteiger partial charge in [-0.2, -0.15) is 4.31 Å². The van der Waals surface area contributed by atoms with Crippen LogP contribution in [0.15, 0.2) is 58.1 Å². The fourth-order valence-corrected chi connectivity index (χ4v) is 5.93. The lowest BCUT2D eigenvalue weighted by atomic mass is 10.2. The zero-order valence-corrected chi connectivity index (χ0v) is 17.5. The SMILES string of the molecule is CC(=O)Nc1ccc(C)c(S(=O)(=O)N(Cc2cccs2)Cc2cccs2)c1. The van der Waals surface area contributed by atoms with Gasteiger partial charge in [0, 0.05) is 35.5 Å². The summed E-state index contributed by atoms with van der Waals surface area (Å²) >= 11 is 3.06. The zero-order chi connectivity index (χ0) is 19.4. The van der Waals surface area contributed by atoms with Crippen molar-refractivity contribution in [3.8, 4) is 0 Å². The molecule has 8 heteroatoms. The molecular formula is C19H20N2O3S3. The van der Waals surface area contributed by atoms with Gasteiger partial charge >= 0.3 is 0 Å². The van der Waals surface area contributed by atoms with Crippen molar-refractivity contribution >= 4 is 44.3 Å². The van der Waals surface area contributed by atoms with Crippen LogP contribution in [0, 0.1) is 6.92 Å². The van der Waals surface area contributed by atoms with E-state index in [9.17, 15) is 13.2 Å². The van der Waals surface area contributed by atoms with E-state index in [2.05, 4.69) is 5.32 Å². The normalized spacial score (nSPS) is 11.7. The predicted octanol–water partition coefficient (Wildman–Crippen LogP) is 4.47. The van der Waals surface area contributed by atoms with E-state index in [0.717, 1.165) is 9.75 Å². The maximum absolute atomic E-state index is 13.5. The second-order valence-electron chi connectivity index (χ2n) is 6.09. The number of thiophene rings is 2. The zero-order valence-electron chi connectivity index (χ0n) is 15.0. The van der Waals surface area contributed by atoms with Crippen molar-refractivity contribution < 1.29 is 13.2 Å². The van der Waals surface area contributed by atoms with Crippen LogP contribution in [0.3, 0.4) is 0 Å². The van der Waals surface area contributed by atoms with Gasteiger partial charge in [-0.05, 0) is 47.5 Å². The topological polar surface area (TPSA) is 66.5 Å². The van der Waals surface area contributed by atoms with Crippen LogP contribution in [0.1, 0.15) is 22.2 Å². The lowest BCUT2D eigenvalue weighted by Crippen LogP contribution is -2.30. The van der Waals surface area contributed by atoms with Crippen molar-refractivity contribution in [3.63, 3.8) is 0 Å². The van der Waals surface area contributed by atoms with Crippen molar-refractivity contribution in [2.45, 2.75) is 31.8 Å². The number of carbonyl (C=O) groups is 1. The standard InChI is InChI=1S/C19H20N2O3S3/c1-14-7-8-16(20-15(2)22)11-19(14)27(23,24)21(12-17-5-3-9-25-17)13-18-6-4-10-26-18/h3-11H,12-13H2,1-2H3,(H,20,22). The van der Waals surface area contributed by atoms with E-state index in [1.807, 2.05) is 35.0 Å². The second-order valence-corrected chi connectivity index (χ2v) is 10.1. The van der Waals surface area contributed by atoms with E-state index in [4.69, 9.17) is 0 Å². The van der Waals surface area contributed by atoms with Gasteiger partial charge in [0.15, 0.2) is 0 Å². The van der Waals surface area contributed by atoms with E-state index in [1.54, 1.807) is 19.1 Å². The van der Waals surface area contributed by atoms with E-state index < -0.39 is 10.0 Å². The number of hydrogen-bond acceptors (Lipinski definition) is 5. The average Bonchev–Trinajstić information content (AvgIpc) is 3.29. The molecule has 1 N–H and O–H groups in total. The molecule has 0 aliphatic rings. The van der Waals surface area contributed by atoms with Gasteiger partial charge in [-0.1, -0.05) is 18.2 Å². The predicted molar refractivity (Wildman–Crippen MR) is 111 cm³/mol.